The molecule has 0 bridgehead atoms. The van der Waals surface area contributed by atoms with Crippen LogP contribution < -0.4 is 5.32 Å². The van der Waals surface area contributed by atoms with Crippen molar-refractivity contribution in [3.05, 3.63) is 60.2 Å². The summed E-state index contributed by atoms with van der Waals surface area (Å²) in [4.78, 5) is 11.1. The van der Waals surface area contributed by atoms with Crippen molar-refractivity contribution >= 4 is 42.6 Å². The number of benzene rings is 3. The van der Waals surface area contributed by atoms with Crippen molar-refractivity contribution in [1.29, 1.82) is 0 Å². The minimum Gasteiger partial charge on any atom is -0.507 e. The lowest BCUT2D eigenvalue weighted by Crippen LogP contribution is -2.15. The van der Waals surface area contributed by atoms with Crippen LogP contribution in [0.3, 0.4) is 0 Å². The van der Waals surface area contributed by atoms with Crippen LogP contribution in [0.4, 0.5) is 5.69 Å². The van der Waals surface area contributed by atoms with Crippen molar-refractivity contribution < 1.29 is 35.8 Å². The number of anilines is 1. The normalized spacial score (nSPS) is 12.1. The van der Waals surface area contributed by atoms with Gasteiger partial charge in [0.2, 0.25) is 0 Å². The lowest BCUT2D eigenvalue weighted by Gasteiger charge is -2.14. The number of phenolic OH excluding ortho intramolecular Hbond substituents is 1. The zero-order valence-electron chi connectivity index (χ0n) is 13.9. The number of nitrogens with one attached hydrogen (secondary N) is 1. The summed E-state index contributed by atoms with van der Waals surface area (Å²) in [6.45, 7) is 0. The third-order valence-electron chi connectivity index (χ3n) is 3.88. The first-order valence-corrected chi connectivity index (χ1v) is 10.5. The Bertz CT molecular complexity index is 1300. The molecule has 0 unspecified atom stereocenters. The Morgan fingerprint density at radius 3 is 2.07 bits per heavy atom. The van der Waals surface area contributed by atoms with E-state index in [1.807, 2.05) is 0 Å². The van der Waals surface area contributed by atoms with E-state index >= 15 is 0 Å². The molecule has 0 spiro atoms. The summed E-state index contributed by atoms with van der Waals surface area (Å²) in [7, 11) is -9.45. The molecule has 11 heteroatoms. The van der Waals surface area contributed by atoms with E-state index in [0.717, 1.165) is 18.2 Å². The fraction of sp³-hybridized carbons (Fsp3) is 0. The van der Waals surface area contributed by atoms with Gasteiger partial charge in [0.05, 0.1) is 10.6 Å². The molecule has 0 aromatic heterocycles. The van der Waals surface area contributed by atoms with E-state index in [4.69, 9.17) is 0 Å². The number of fused-ring (bicyclic) bond motifs is 1. The summed E-state index contributed by atoms with van der Waals surface area (Å²) in [5, 5.41) is 12.4. The SMILES string of the molecule is O=C(Nc1c(S(=O)(=O)O)ccc2cc(S(=O)(=O)O)cc(O)c12)c1ccccc1. The van der Waals surface area contributed by atoms with Gasteiger partial charge >= 0.3 is 0 Å². The summed E-state index contributed by atoms with van der Waals surface area (Å²) < 4.78 is 64.8. The van der Waals surface area contributed by atoms with E-state index in [-0.39, 0.29) is 16.3 Å². The van der Waals surface area contributed by atoms with Gasteiger partial charge in [-0.15, -0.1) is 0 Å². The molecule has 0 radical (unpaired) electrons. The van der Waals surface area contributed by atoms with Crippen LogP contribution in [0.1, 0.15) is 10.4 Å². The summed E-state index contributed by atoms with van der Waals surface area (Å²) in [6.07, 6.45) is 0. The Kier molecular flexibility index (Phi) is 4.85. The van der Waals surface area contributed by atoms with E-state index in [1.165, 1.54) is 12.1 Å². The molecule has 3 rings (SSSR count). The van der Waals surface area contributed by atoms with Crippen LogP contribution in [-0.2, 0) is 20.2 Å². The molecule has 3 aromatic rings. The van der Waals surface area contributed by atoms with Crippen molar-refractivity contribution in [1.82, 2.24) is 0 Å². The highest BCUT2D eigenvalue weighted by Crippen LogP contribution is 2.38. The molecule has 0 saturated heterocycles. The number of carbonyl (C=O) groups excluding carboxylic acids is 1. The van der Waals surface area contributed by atoms with E-state index in [2.05, 4.69) is 5.32 Å². The van der Waals surface area contributed by atoms with Crippen LogP contribution in [0.25, 0.3) is 10.8 Å². The topological polar surface area (TPSA) is 158 Å². The first-order chi connectivity index (χ1) is 13.0. The molecular weight excluding hydrogens is 410 g/mol. The van der Waals surface area contributed by atoms with Crippen molar-refractivity contribution in [2.24, 2.45) is 0 Å². The van der Waals surface area contributed by atoms with Gasteiger partial charge in [-0.05, 0) is 29.7 Å². The number of phenols is 1. The maximum absolute atomic E-state index is 12.5. The lowest BCUT2D eigenvalue weighted by atomic mass is 10.1. The quantitative estimate of drug-likeness (QED) is 0.465. The smallest absolute Gasteiger partial charge is 0.296 e. The number of carbonyl (C=O) groups is 1. The van der Waals surface area contributed by atoms with Gasteiger partial charge < -0.3 is 10.4 Å². The summed E-state index contributed by atoms with van der Waals surface area (Å²) in [5.74, 6) is -1.45. The molecule has 4 N–H and O–H groups in total. The highest BCUT2D eigenvalue weighted by atomic mass is 32.2. The van der Waals surface area contributed by atoms with Crippen molar-refractivity contribution in [2.45, 2.75) is 9.79 Å². The van der Waals surface area contributed by atoms with E-state index in [1.54, 1.807) is 18.2 Å². The Morgan fingerprint density at radius 2 is 1.50 bits per heavy atom. The maximum Gasteiger partial charge on any atom is 0.296 e. The number of amides is 1. The molecule has 0 atom stereocenters. The van der Waals surface area contributed by atoms with Gasteiger partial charge in [-0.1, -0.05) is 24.3 Å². The zero-order chi connectivity index (χ0) is 20.7. The van der Waals surface area contributed by atoms with Gasteiger partial charge in [0.25, 0.3) is 26.1 Å². The first kappa shape index (κ1) is 19.8. The van der Waals surface area contributed by atoms with Gasteiger partial charge in [0.15, 0.2) is 0 Å². The minimum atomic E-state index is -4.80. The largest absolute Gasteiger partial charge is 0.507 e. The zero-order valence-corrected chi connectivity index (χ0v) is 15.5. The van der Waals surface area contributed by atoms with E-state index in [0.29, 0.717) is 6.07 Å². The Balaban J connectivity index is 2.29. The molecule has 0 saturated carbocycles. The predicted octanol–water partition coefficient (Wildman–Crippen LogP) is 2.29. The second-order valence-electron chi connectivity index (χ2n) is 5.75. The molecule has 0 fully saturated rings. The van der Waals surface area contributed by atoms with E-state index < -0.39 is 47.4 Å². The van der Waals surface area contributed by atoms with Crippen LogP contribution in [0.2, 0.25) is 0 Å². The van der Waals surface area contributed by atoms with Gasteiger partial charge in [-0.25, -0.2) is 0 Å². The molecule has 0 heterocycles. The van der Waals surface area contributed by atoms with Crippen LogP contribution in [0, 0.1) is 0 Å². The lowest BCUT2D eigenvalue weighted by molar-refractivity contribution is 0.102. The summed E-state index contributed by atoms with van der Waals surface area (Å²) in [6, 6.07) is 11.5. The van der Waals surface area contributed by atoms with Crippen LogP contribution in [0.15, 0.2) is 64.4 Å². The number of hydrogen-bond acceptors (Lipinski definition) is 6. The first-order valence-electron chi connectivity index (χ1n) is 7.59. The van der Waals surface area contributed by atoms with Gasteiger partial charge in [-0.2, -0.15) is 16.8 Å². The monoisotopic (exact) mass is 423 g/mol. The molecular formula is C17H13NO8S2. The molecule has 0 aliphatic heterocycles. The van der Waals surface area contributed by atoms with Gasteiger partial charge in [-0.3, -0.25) is 13.9 Å². The molecule has 9 nitrogen and oxygen atoms in total. The molecule has 1 amide bonds. The van der Waals surface area contributed by atoms with Crippen LogP contribution in [0.5, 0.6) is 5.75 Å². The molecule has 28 heavy (non-hydrogen) atoms. The van der Waals surface area contributed by atoms with Crippen molar-refractivity contribution in [2.75, 3.05) is 5.32 Å². The number of rotatable bonds is 4. The highest BCUT2D eigenvalue weighted by molar-refractivity contribution is 7.86. The standard InChI is InChI=1S/C17H13NO8S2/c19-13-9-12(27(21,22)23)8-11-6-7-14(28(24,25)26)16(15(11)13)18-17(20)10-4-2-1-3-5-10/h1-9,19H,(H,18,20)(H,21,22,23)(H,24,25,26). The van der Waals surface area contributed by atoms with Crippen LogP contribution >= 0.6 is 0 Å². The molecule has 0 aliphatic carbocycles. The Labute approximate surface area is 159 Å². The van der Waals surface area contributed by atoms with Crippen LogP contribution in [-0.4, -0.2) is 37.0 Å². The van der Waals surface area contributed by atoms with Gasteiger partial charge in [0, 0.05) is 17.0 Å². The third-order valence-corrected chi connectivity index (χ3v) is 5.61. The molecule has 0 aliphatic rings. The average Bonchev–Trinajstić information content (AvgIpc) is 2.60. The second kappa shape index (κ2) is 6.87. The highest BCUT2D eigenvalue weighted by Gasteiger charge is 2.24. The summed E-state index contributed by atoms with van der Waals surface area (Å²) in [5.41, 5.74) is -0.261. The number of aromatic hydroxyl groups is 1. The van der Waals surface area contributed by atoms with Gasteiger partial charge in [0.1, 0.15) is 10.6 Å². The fourth-order valence-electron chi connectivity index (χ4n) is 2.66. The second-order valence-corrected chi connectivity index (χ2v) is 8.56. The summed E-state index contributed by atoms with van der Waals surface area (Å²) >= 11 is 0. The Morgan fingerprint density at radius 1 is 0.857 bits per heavy atom. The molecule has 3 aromatic carbocycles. The molecule has 146 valence electrons. The predicted molar refractivity (Wildman–Crippen MR) is 99.6 cm³/mol. The minimum absolute atomic E-state index is 0.00314. The van der Waals surface area contributed by atoms with Crippen molar-refractivity contribution in [3.8, 4) is 5.75 Å². The Hall–Kier alpha value is -2.99. The number of hydrogen-bond donors (Lipinski definition) is 4. The fourth-order valence-corrected chi connectivity index (χ4v) is 3.85. The average molecular weight is 423 g/mol. The maximum atomic E-state index is 12.5. The van der Waals surface area contributed by atoms with E-state index in [9.17, 15) is 35.8 Å². The third kappa shape index (κ3) is 3.82. The van der Waals surface area contributed by atoms with Crippen molar-refractivity contribution in [3.63, 3.8) is 0 Å².